The highest BCUT2D eigenvalue weighted by Crippen LogP contribution is 2.21. The van der Waals surface area contributed by atoms with Crippen LogP contribution < -0.4 is 0 Å². The van der Waals surface area contributed by atoms with Crippen LogP contribution in [0.25, 0.3) is 0 Å². The van der Waals surface area contributed by atoms with Gasteiger partial charge in [0.2, 0.25) is 0 Å². The molecule has 0 aliphatic carbocycles. The molecule has 18 heavy (non-hydrogen) atoms. The van der Waals surface area contributed by atoms with E-state index in [1.54, 1.807) is 12.1 Å². The molecule has 0 aliphatic rings. The smallest absolute Gasteiger partial charge is 0.136 e. The first-order valence-electron chi connectivity index (χ1n) is 5.30. The van der Waals surface area contributed by atoms with Crippen molar-refractivity contribution in [3.8, 4) is 5.75 Å². The van der Waals surface area contributed by atoms with Gasteiger partial charge in [-0.2, -0.15) is 0 Å². The molecule has 98 valence electrons. The predicted octanol–water partition coefficient (Wildman–Crippen LogP) is 2.46. The highest BCUT2D eigenvalue weighted by molar-refractivity contribution is 8.23. The Labute approximate surface area is 116 Å². The van der Waals surface area contributed by atoms with Crippen LogP contribution in [0.15, 0.2) is 23.4 Å². The van der Waals surface area contributed by atoms with Gasteiger partial charge in [-0.1, -0.05) is 35.2 Å². The van der Waals surface area contributed by atoms with Crippen LogP contribution in [0.5, 0.6) is 5.75 Å². The fourth-order valence-corrected chi connectivity index (χ4v) is 2.21. The molecule has 2 N–H and O–H groups in total. The number of aryl methyl sites for hydroxylation is 1. The zero-order valence-electron chi connectivity index (χ0n) is 10.5. The number of nitrogens with zero attached hydrogens (tertiary/aromatic N) is 2. The molecule has 0 unspecified atom stereocenters. The Morgan fingerprint density at radius 1 is 1.44 bits per heavy atom. The first kappa shape index (κ1) is 14.8. The summed E-state index contributed by atoms with van der Waals surface area (Å²) in [5.74, 6) is 0.517. The number of thioether (sulfide) groups is 1. The van der Waals surface area contributed by atoms with E-state index in [0.29, 0.717) is 21.3 Å². The van der Waals surface area contributed by atoms with Crippen molar-refractivity contribution in [3.63, 3.8) is 0 Å². The van der Waals surface area contributed by atoms with Gasteiger partial charge in [0.25, 0.3) is 0 Å². The Kier molecular flexibility index (Phi) is 5.43. The van der Waals surface area contributed by atoms with Crippen LogP contribution in [0.2, 0.25) is 0 Å². The maximum Gasteiger partial charge on any atom is 0.136 e. The summed E-state index contributed by atoms with van der Waals surface area (Å²) in [4.78, 5) is 1.81. The second-order valence-electron chi connectivity index (χ2n) is 4.02. The van der Waals surface area contributed by atoms with E-state index in [1.165, 1.54) is 11.8 Å². The number of rotatable bonds is 3. The Bertz CT molecular complexity index is 473. The number of benzene rings is 1. The standard InChI is InChI=1S/C12H16N2O2S2/c1-8-4-5-9(11(15)6-8)10(13-16)7-18-12(17)14(2)3/h4-6,15-16H,7H2,1-3H3/b13-10+. The molecule has 4 nitrogen and oxygen atoms in total. The molecule has 1 aromatic carbocycles. The fourth-order valence-electron chi connectivity index (χ4n) is 1.31. The van der Waals surface area contributed by atoms with Gasteiger partial charge in [-0.3, -0.25) is 0 Å². The molecule has 1 rings (SSSR count). The van der Waals surface area contributed by atoms with Crippen molar-refractivity contribution in [1.29, 1.82) is 0 Å². The Morgan fingerprint density at radius 3 is 2.61 bits per heavy atom. The van der Waals surface area contributed by atoms with Crippen LogP contribution in [-0.4, -0.2) is 45.1 Å². The van der Waals surface area contributed by atoms with E-state index in [2.05, 4.69) is 5.16 Å². The largest absolute Gasteiger partial charge is 0.507 e. The molecule has 0 spiro atoms. The van der Waals surface area contributed by atoms with Crippen LogP contribution in [-0.2, 0) is 0 Å². The molecule has 0 atom stereocenters. The van der Waals surface area contributed by atoms with Crippen LogP contribution in [0, 0.1) is 6.92 Å². The van der Waals surface area contributed by atoms with Crippen LogP contribution in [0.4, 0.5) is 0 Å². The van der Waals surface area contributed by atoms with Crippen molar-refractivity contribution in [2.24, 2.45) is 5.16 Å². The number of phenols is 1. The summed E-state index contributed by atoms with van der Waals surface area (Å²) in [6.07, 6.45) is 0. The minimum atomic E-state index is 0.110. The van der Waals surface area contributed by atoms with Crippen molar-refractivity contribution in [2.45, 2.75) is 6.92 Å². The Balaban J connectivity index is 2.82. The second kappa shape index (κ2) is 6.61. The summed E-state index contributed by atoms with van der Waals surface area (Å²) in [5, 5.41) is 22.1. The van der Waals surface area contributed by atoms with E-state index in [9.17, 15) is 5.11 Å². The van der Waals surface area contributed by atoms with Crippen molar-refractivity contribution in [3.05, 3.63) is 29.3 Å². The fraction of sp³-hybridized carbons (Fsp3) is 0.333. The lowest BCUT2D eigenvalue weighted by Crippen LogP contribution is -2.18. The van der Waals surface area contributed by atoms with Crippen molar-refractivity contribution < 1.29 is 10.3 Å². The Morgan fingerprint density at radius 2 is 2.11 bits per heavy atom. The maximum absolute atomic E-state index is 9.82. The number of thiocarbonyl (C=S) groups is 1. The second-order valence-corrected chi connectivity index (χ2v) is 5.63. The normalized spacial score (nSPS) is 11.4. The van der Waals surface area contributed by atoms with E-state index in [4.69, 9.17) is 17.4 Å². The quantitative estimate of drug-likeness (QED) is 0.386. The first-order chi connectivity index (χ1) is 8.45. The molecule has 0 aliphatic heterocycles. The van der Waals surface area contributed by atoms with Gasteiger partial charge in [0, 0.05) is 25.4 Å². The van der Waals surface area contributed by atoms with Crippen molar-refractivity contribution in [1.82, 2.24) is 4.90 Å². The third kappa shape index (κ3) is 3.89. The minimum Gasteiger partial charge on any atom is -0.507 e. The molecule has 0 saturated carbocycles. The van der Waals surface area contributed by atoms with Crippen LogP contribution in [0.1, 0.15) is 11.1 Å². The summed E-state index contributed by atoms with van der Waals surface area (Å²) in [6.45, 7) is 1.88. The van der Waals surface area contributed by atoms with Gasteiger partial charge in [0.15, 0.2) is 0 Å². The average molecular weight is 284 g/mol. The summed E-state index contributed by atoms with van der Waals surface area (Å²) >= 11 is 6.52. The molecule has 0 saturated heterocycles. The predicted molar refractivity (Wildman–Crippen MR) is 79.9 cm³/mol. The molecule has 0 amide bonds. The van der Waals surface area contributed by atoms with E-state index in [-0.39, 0.29) is 5.75 Å². The van der Waals surface area contributed by atoms with Crippen LogP contribution in [0.3, 0.4) is 0 Å². The molecule has 0 fully saturated rings. The number of phenolic OH excluding ortho intramolecular Hbond substituents is 1. The highest BCUT2D eigenvalue weighted by atomic mass is 32.2. The lowest BCUT2D eigenvalue weighted by Gasteiger charge is -2.13. The Hall–Kier alpha value is -1.27. The maximum atomic E-state index is 9.82. The van der Waals surface area contributed by atoms with Gasteiger partial charge in [0.05, 0.1) is 0 Å². The number of aromatic hydroxyl groups is 1. The molecule has 6 heteroatoms. The van der Waals surface area contributed by atoms with Gasteiger partial charge in [-0.05, 0) is 24.6 Å². The molecule has 0 radical (unpaired) electrons. The summed E-state index contributed by atoms with van der Waals surface area (Å²) in [7, 11) is 3.71. The van der Waals surface area contributed by atoms with Gasteiger partial charge < -0.3 is 15.2 Å². The topological polar surface area (TPSA) is 56.1 Å². The van der Waals surface area contributed by atoms with Gasteiger partial charge in [-0.25, -0.2) is 0 Å². The van der Waals surface area contributed by atoms with E-state index in [0.717, 1.165) is 5.56 Å². The van der Waals surface area contributed by atoms with Crippen LogP contribution >= 0.6 is 24.0 Å². The molecule has 0 bridgehead atoms. The zero-order valence-corrected chi connectivity index (χ0v) is 12.2. The SMILES string of the molecule is Cc1ccc(/C(CSC(=S)N(C)C)=N/O)c(O)c1. The summed E-state index contributed by atoms with van der Waals surface area (Å²) in [5.41, 5.74) is 1.88. The van der Waals surface area contributed by atoms with E-state index < -0.39 is 0 Å². The minimum absolute atomic E-state index is 0.110. The van der Waals surface area contributed by atoms with Gasteiger partial charge in [-0.15, -0.1) is 0 Å². The van der Waals surface area contributed by atoms with Crippen molar-refractivity contribution in [2.75, 3.05) is 19.8 Å². The number of hydrogen-bond acceptors (Lipinski definition) is 5. The van der Waals surface area contributed by atoms with Gasteiger partial charge >= 0.3 is 0 Å². The summed E-state index contributed by atoms with van der Waals surface area (Å²) in [6, 6.07) is 5.23. The van der Waals surface area contributed by atoms with Gasteiger partial charge in [0.1, 0.15) is 15.8 Å². The molecule has 0 aromatic heterocycles. The van der Waals surface area contributed by atoms with E-state index >= 15 is 0 Å². The number of hydrogen-bond donors (Lipinski definition) is 2. The summed E-state index contributed by atoms with van der Waals surface area (Å²) < 4.78 is 0.697. The number of oxime groups is 1. The average Bonchev–Trinajstić information content (AvgIpc) is 2.31. The van der Waals surface area contributed by atoms with E-state index in [1.807, 2.05) is 32.0 Å². The third-order valence-corrected chi connectivity index (χ3v) is 4.03. The molecular weight excluding hydrogens is 268 g/mol. The molecular formula is C12H16N2O2S2. The third-order valence-electron chi connectivity index (χ3n) is 2.28. The zero-order chi connectivity index (χ0) is 13.7. The molecule has 0 heterocycles. The first-order valence-corrected chi connectivity index (χ1v) is 6.70. The lowest BCUT2D eigenvalue weighted by molar-refractivity contribution is 0.319. The monoisotopic (exact) mass is 284 g/mol. The molecule has 1 aromatic rings. The van der Waals surface area contributed by atoms with Crippen molar-refractivity contribution >= 4 is 34.0 Å². The highest BCUT2D eigenvalue weighted by Gasteiger charge is 2.12. The lowest BCUT2D eigenvalue weighted by atomic mass is 10.1.